The molecule has 3 rings (SSSR count). The van der Waals surface area contributed by atoms with Gasteiger partial charge in [0.1, 0.15) is 0 Å². The number of amides is 2. The molecule has 130 valence electrons. The standard InChI is InChI=1S/C22H20N2O2/c1-15-7-6-10-20(16(15)2)24-22(26)18-13-11-17(12-14-18)21(25)23-19-8-4-3-5-9-19/h3-14H,1-2H3,(H,23,25)(H,24,26). The van der Waals surface area contributed by atoms with E-state index in [-0.39, 0.29) is 11.8 Å². The van der Waals surface area contributed by atoms with Crippen molar-refractivity contribution in [2.24, 2.45) is 0 Å². The number of nitrogens with one attached hydrogen (secondary N) is 2. The number of para-hydroxylation sites is 1. The van der Waals surface area contributed by atoms with Crippen LogP contribution in [0.4, 0.5) is 11.4 Å². The van der Waals surface area contributed by atoms with E-state index in [0.29, 0.717) is 11.1 Å². The molecule has 0 aliphatic heterocycles. The second-order valence-electron chi connectivity index (χ2n) is 6.10. The van der Waals surface area contributed by atoms with Gasteiger partial charge in [0.15, 0.2) is 0 Å². The summed E-state index contributed by atoms with van der Waals surface area (Å²) in [6.07, 6.45) is 0. The van der Waals surface area contributed by atoms with Gasteiger partial charge in [-0.15, -0.1) is 0 Å². The Bertz CT molecular complexity index is 932. The Kier molecular flexibility index (Phi) is 5.13. The lowest BCUT2D eigenvalue weighted by Gasteiger charge is -2.11. The van der Waals surface area contributed by atoms with Crippen molar-refractivity contribution >= 4 is 23.2 Å². The molecule has 0 atom stereocenters. The van der Waals surface area contributed by atoms with Crippen LogP contribution in [-0.4, -0.2) is 11.8 Å². The smallest absolute Gasteiger partial charge is 0.255 e. The predicted octanol–water partition coefficient (Wildman–Crippen LogP) is 4.81. The van der Waals surface area contributed by atoms with Gasteiger partial charge in [0.25, 0.3) is 11.8 Å². The molecular weight excluding hydrogens is 324 g/mol. The summed E-state index contributed by atoms with van der Waals surface area (Å²) < 4.78 is 0. The van der Waals surface area contributed by atoms with Gasteiger partial charge >= 0.3 is 0 Å². The summed E-state index contributed by atoms with van der Waals surface area (Å²) in [6.45, 7) is 3.98. The highest BCUT2D eigenvalue weighted by Crippen LogP contribution is 2.19. The minimum atomic E-state index is -0.210. The van der Waals surface area contributed by atoms with Gasteiger partial charge in [-0.05, 0) is 67.4 Å². The van der Waals surface area contributed by atoms with Crippen molar-refractivity contribution in [1.82, 2.24) is 0 Å². The van der Waals surface area contributed by atoms with Gasteiger partial charge in [-0.2, -0.15) is 0 Å². The number of hydrogen-bond acceptors (Lipinski definition) is 2. The molecule has 0 aliphatic carbocycles. The monoisotopic (exact) mass is 344 g/mol. The molecule has 0 saturated heterocycles. The van der Waals surface area contributed by atoms with Crippen LogP contribution in [0, 0.1) is 13.8 Å². The SMILES string of the molecule is Cc1cccc(NC(=O)c2ccc(C(=O)Nc3ccccc3)cc2)c1C. The van der Waals surface area contributed by atoms with Crippen LogP contribution in [0.3, 0.4) is 0 Å². The molecule has 3 aromatic rings. The molecule has 0 fully saturated rings. The quantitative estimate of drug-likeness (QED) is 0.714. The van der Waals surface area contributed by atoms with E-state index in [4.69, 9.17) is 0 Å². The highest BCUT2D eigenvalue weighted by atomic mass is 16.2. The highest BCUT2D eigenvalue weighted by Gasteiger charge is 2.11. The van der Waals surface area contributed by atoms with Crippen molar-refractivity contribution in [3.63, 3.8) is 0 Å². The van der Waals surface area contributed by atoms with Crippen LogP contribution >= 0.6 is 0 Å². The second kappa shape index (κ2) is 7.66. The maximum absolute atomic E-state index is 12.4. The summed E-state index contributed by atoms with van der Waals surface area (Å²) >= 11 is 0. The van der Waals surface area contributed by atoms with Crippen molar-refractivity contribution in [1.29, 1.82) is 0 Å². The Morgan fingerprint density at radius 3 is 1.85 bits per heavy atom. The topological polar surface area (TPSA) is 58.2 Å². The summed E-state index contributed by atoms with van der Waals surface area (Å²) in [5.41, 5.74) is 4.69. The fourth-order valence-electron chi connectivity index (χ4n) is 2.58. The van der Waals surface area contributed by atoms with Crippen molar-refractivity contribution in [2.45, 2.75) is 13.8 Å². The normalized spacial score (nSPS) is 10.2. The van der Waals surface area contributed by atoms with Crippen molar-refractivity contribution < 1.29 is 9.59 Å². The third-order valence-electron chi connectivity index (χ3n) is 4.29. The average molecular weight is 344 g/mol. The van der Waals surface area contributed by atoms with Gasteiger partial charge < -0.3 is 10.6 Å². The molecule has 0 spiro atoms. The molecule has 26 heavy (non-hydrogen) atoms. The Morgan fingerprint density at radius 1 is 0.654 bits per heavy atom. The highest BCUT2D eigenvalue weighted by molar-refractivity contribution is 6.07. The fraction of sp³-hybridized carbons (Fsp3) is 0.0909. The molecule has 0 saturated carbocycles. The number of aryl methyl sites for hydroxylation is 1. The predicted molar refractivity (Wildman–Crippen MR) is 105 cm³/mol. The number of carbonyl (C=O) groups excluding carboxylic acids is 2. The molecular formula is C22H20N2O2. The van der Waals surface area contributed by atoms with E-state index in [0.717, 1.165) is 22.5 Å². The van der Waals surface area contributed by atoms with Crippen molar-refractivity contribution in [3.05, 3.63) is 95.1 Å². The zero-order valence-corrected chi connectivity index (χ0v) is 14.7. The van der Waals surface area contributed by atoms with Crippen LogP contribution < -0.4 is 10.6 Å². The maximum atomic E-state index is 12.4. The fourth-order valence-corrected chi connectivity index (χ4v) is 2.58. The Balaban J connectivity index is 1.69. The van der Waals surface area contributed by atoms with Crippen LogP contribution in [0.1, 0.15) is 31.8 Å². The van der Waals surface area contributed by atoms with Gasteiger partial charge in [0, 0.05) is 22.5 Å². The summed E-state index contributed by atoms with van der Waals surface area (Å²) in [7, 11) is 0. The van der Waals surface area contributed by atoms with E-state index < -0.39 is 0 Å². The van der Waals surface area contributed by atoms with Gasteiger partial charge in [-0.1, -0.05) is 30.3 Å². The lowest BCUT2D eigenvalue weighted by Crippen LogP contribution is -2.15. The average Bonchev–Trinajstić information content (AvgIpc) is 2.66. The molecule has 4 nitrogen and oxygen atoms in total. The second-order valence-corrected chi connectivity index (χ2v) is 6.10. The summed E-state index contributed by atoms with van der Waals surface area (Å²) in [5, 5.41) is 5.74. The zero-order valence-electron chi connectivity index (χ0n) is 14.7. The number of rotatable bonds is 4. The number of carbonyl (C=O) groups is 2. The minimum Gasteiger partial charge on any atom is -0.322 e. The summed E-state index contributed by atoms with van der Waals surface area (Å²) in [4.78, 5) is 24.7. The molecule has 2 N–H and O–H groups in total. The van der Waals surface area contributed by atoms with Crippen molar-refractivity contribution in [2.75, 3.05) is 10.6 Å². The third-order valence-corrected chi connectivity index (χ3v) is 4.29. The minimum absolute atomic E-state index is 0.200. The Morgan fingerprint density at radius 2 is 1.23 bits per heavy atom. The van der Waals surface area contributed by atoms with Crippen LogP contribution in [0.5, 0.6) is 0 Å². The van der Waals surface area contributed by atoms with Gasteiger partial charge in [-0.25, -0.2) is 0 Å². The van der Waals surface area contributed by atoms with E-state index in [2.05, 4.69) is 10.6 Å². The Labute approximate surface area is 152 Å². The molecule has 0 unspecified atom stereocenters. The summed E-state index contributed by atoms with van der Waals surface area (Å²) in [5.74, 6) is -0.411. The van der Waals surface area contributed by atoms with Crippen LogP contribution in [0.25, 0.3) is 0 Å². The number of anilines is 2. The van der Waals surface area contributed by atoms with E-state index in [1.54, 1.807) is 24.3 Å². The molecule has 0 aliphatic rings. The maximum Gasteiger partial charge on any atom is 0.255 e. The van der Waals surface area contributed by atoms with E-state index >= 15 is 0 Å². The van der Waals surface area contributed by atoms with Gasteiger partial charge in [0.05, 0.1) is 0 Å². The van der Waals surface area contributed by atoms with E-state index in [9.17, 15) is 9.59 Å². The first kappa shape index (κ1) is 17.4. The number of benzene rings is 3. The lowest BCUT2D eigenvalue weighted by molar-refractivity contribution is 0.101. The molecule has 0 heterocycles. The van der Waals surface area contributed by atoms with Crippen LogP contribution in [-0.2, 0) is 0 Å². The molecule has 0 aromatic heterocycles. The van der Waals surface area contributed by atoms with E-state index in [1.807, 2.05) is 62.4 Å². The lowest BCUT2D eigenvalue weighted by atomic mass is 10.1. The molecule has 2 amide bonds. The first-order chi connectivity index (χ1) is 12.5. The molecule has 3 aromatic carbocycles. The van der Waals surface area contributed by atoms with Crippen LogP contribution in [0.15, 0.2) is 72.8 Å². The zero-order chi connectivity index (χ0) is 18.5. The van der Waals surface area contributed by atoms with E-state index in [1.165, 1.54) is 0 Å². The van der Waals surface area contributed by atoms with Gasteiger partial charge in [-0.3, -0.25) is 9.59 Å². The van der Waals surface area contributed by atoms with Crippen LogP contribution in [0.2, 0.25) is 0 Å². The molecule has 4 heteroatoms. The number of hydrogen-bond donors (Lipinski definition) is 2. The molecule has 0 bridgehead atoms. The Hall–Kier alpha value is -3.40. The third kappa shape index (κ3) is 3.98. The van der Waals surface area contributed by atoms with Crippen molar-refractivity contribution in [3.8, 4) is 0 Å². The first-order valence-corrected chi connectivity index (χ1v) is 8.38. The van der Waals surface area contributed by atoms with Gasteiger partial charge in [0.2, 0.25) is 0 Å². The molecule has 0 radical (unpaired) electrons. The summed E-state index contributed by atoms with van der Waals surface area (Å²) in [6, 6.07) is 21.6. The first-order valence-electron chi connectivity index (χ1n) is 8.38. The largest absolute Gasteiger partial charge is 0.322 e.